The van der Waals surface area contributed by atoms with Gasteiger partial charge in [0.2, 0.25) is 21.8 Å². The lowest BCUT2D eigenvalue weighted by molar-refractivity contribution is -0.140. The van der Waals surface area contributed by atoms with Crippen molar-refractivity contribution in [3.05, 3.63) is 0 Å². The van der Waals surface area contributed by atoms with Gasteiger partial charge in [0.25, 0.3) is 5.91 Å². The first-order valence-electron chi connectivity index (χ1n) is 10.4. The number of urea groups is 1. The first-order chi connectivity index (χ1) is 14.4. The highest BCUT2D eigenvalue weighted by Gasteiger charge is 2.38. The minimum atomic E-state index is -3.42. The van der Waals surface area contributed by atoms with E-state index in [0.29, 0.717) is 25.9 Å². The van der Waals surface area contributed by atoms with E-state index in [9.17, 15) is 27.6 Å². The Bertz CT molecular complexity index is 817. The molecule has 0 aliphatic carbocycles. The summed E-state index contributed by atoms with van der Waals surface area (Å²) in [6.07, 6.45) is 4.16. The van der Waals surface area contributed by atoms with Gasteiger partial charge in [-0.05, 0) is 31.6 Å². The molecule has 2 fully saturated rings. The van der Waals surface area contributed by atoms with Crippen molar-refractivity contribution in [2.24, 2.45) is 5.92 Å². The second-order valence-corrected chi connectivity index (χ2v) is 10.5. The lowest BCUT2D eigenvalue weighted by atomic mass is 9.87. The van der Waals surface area contributed by atoms with Crippen LogP contribution in [-0.2, 0) is 24.4 Å². The molecule has 0 aromatic carbocycles. The SMILES string of the molecule is C[C@@H]1CCCN(C(=O)CN2C(=O)CN(C)C2=O)[C@@H]1CCCNC(=O)CN(C)S(C)(=O)=O. The second kappa shape index (κ2) is 10.4. The second-order valence-electron chi connectivity index (χ2n) is 8.40. The van der Waals surface area contributed by atoms with Crippen molar-refractivity contribution in [1.82, 2.24) is 24.3 Å². The molecule has 0 unspecified atom stereocenters. The lowest BCUT2D eigenvalue weighted by Crippen LogP contribution is -2.52. The van der Waals surface area contributed by atoms with Crippen LogP contribution in [0, 0.1) is 5.92 Å². The molecule has 0 bridgehead atoms. The quantitative estimate of drug-likeness (QED) is 0.359. The number of sulfonamides is 1. The van der Waals surface area contributed by atoms with Gasteiger partial charge in [-0.15, -0.1) is 0 Å². The van der Waals surface area contributed by atoms with Crippen molar-refractivity contribution in [1.29, 1.82) is 0 Å². The van der Waals surface area contributed by atoms with Gasteiger partial charge in [0.1, 0.15) is 13.1 Å². The number of imide groups is 1. The van der Waals surface area contributed by atoms with Gasteiger partial charge in [-0.2, -0.15) is 4.31 Å². The van der Waals surface area contributed by atoms with Crippen LogP contribution in [0.25, 0.3) is 0 Å². The Balaban J connectivity index is 1.86. The number of likely N-dealkylation sites (tertiary alicyclic amines) is 1. The summed E-state index contributed by atoms with van der Waals surface area (Å²) in [5.74, 6) is -0.734. The van der Waals surface area contributed by atoms with E-state index in [0.717, 1.165) is 28.3 Å². The highest BCUT2D eigenvalue weighted by Crippen LogP contribution is 2.27. The molecule has 12 heteroatoms. The zero-order valence-corrected chi connectivity index (χ0v) is 19.5. The van der Waals surface area contributed by atoms with Crippen molar-refractivity contribution in [2.45, 2.75) is 38.6 Å². The zero-order valence-electron chi connectivity index (χ0n) is 18.7. The Kier molecular flexibility index (Phi) is 8.41. The van der Waals surface area contributed by atoms with Crippen LogP contribution in [0.15, 0.2) is 0 Å². The van der Waals surface area contributed by atoms with E-state index in [1.165, 1.54) is 19.0 Å². The van der Waals surface area contributed by atoms with Crippen LogP contribution in [0.2, 0.25) is 0 Å². The first kappa shape index (κ1) is 25.1. The van der Waals surface area contributed by atoms with Gasteiger partial charge in [0.05, 0.1) is 12.8 Å². The van der Waals surface area contributed by atoms with Crippen LogP contribution in [0.1, 0.15) is 32.6 Å². The molecular formula is C19H33N5O6S. The molecule has 0 spiro atoms. The van der Waals surface area contributed by atoms with Crippen LogP contribution >= 0.6 is 0 Å². The summed E-state index contributed by atoms with van der Waals surface area (Å²) in [6.45, 7) is 2.51. The third kappa shape index (κ3) is 6.63. The van der Waals surface area contributed by atoms with E-state index >= 15 is 0 Å². The minimum absolute atomic E-state index is 0.0137. The highest BCUT2D eigenvalue weighted by atomic mass is 32.2. The molecule has 0 aromatic heterocycles. The van der Waals surface area contributed by atoms with Gasteiger partial charge >= 0.3 is 6.03 Å². The number of nitrogens with zero attached hydrogens (tertiary/aromatic N) is 4. The number of amides is 5. The van der Waals surface area contributed by atoms with E-state index in [-0.39, 0.29) is 49.3 Å². The molecule has 2 saturated heterocycles. The maximum atomic E-state index is 12.9. The molecule has 2 heterocycles. The van der Waals surface area contributed by atoms with Gasteiger partial charge in [-0.1, -0.05) is 6.92 Å². The Labute approximate surface area is 183 Å². The van der Waals surface area contributed by atoms with E-state index in [2.05, 4.69) is 12.2 Å². The summed E-state index contributed by atoms with van der Waals surface area (Å²) in [5.41, 5.74) is 0. The Morgan fingerprint density at radius 2 is 1.94 bits per heavy atom. The normalized spacial score (nSPS) is 22.4. The number of carbonyl (C=O) groups excluding carboxylic acids is 4. The van der Waals surface area contributed by atoms with Crippen LogP contribution < -0.4 is 5.32 Å². The third-order valence-corrected chi connectivity index (χ3v) is 7.15. The molecule has 0 saturated carbocycles. The van der Waals surface area contributed by atoms with Gasteiger partial charge in [0.15, 0.2) is 0 Å². The van der Waals surface area contributed by atoms with E-state index in [4.69, 9.17) is 0 Å². The molecule has 2 aliphatic heterocycles. The molecule has 0 radical (unpaired) electrons. The van der Waals surface area contributed by atoms with Gasteiger partial charge in [-0.25, -0.2) is 13.2 Å². The fourth-order valence-electron chi connectivity index (χ4n) is 3.96. The molecule has 1 N–H and O–H groups in total. The molecule has 2 atom stereocenters. The zero-order chi connectivity index (χ0) is 23.3. The van der Waals surface area contributed by atoms with Gasteiger partial charge in [0, 0.05) is 33.2 Å². The number of nitrogens with one attached hydrogen (secondary N) is 1. The maximum Gasteiger partial charge on any atom is 0.327 e. The summed E-state index contributed by atoms with van der Waals surface area (Å²) in [4.78, 5) is 52.9. The molecule has 31 heavy (non-hydrogen) atoms. The van der Waals surface area contributed by atoms with Crippen LogP contribution in [0.4, 0.5) is 4.79 Å². The summed E-state index contributed by atoms with van der Waals surface area (Å²) >= 11 is 0. The predicted molar refractivity (Wildman–Crippen MR) is 113 cm³/mol. The maximum absolute atomic E-state index is 12.9. The van der Waals surface area contributed by atoms with Gasteiger partial charge in [-0.3, -0.25) is 19.3 Å². The molecular weight excluding hydrogens is 426 g/mol. The lowest BCUT2D eigenvalue weighted by Gasteiger charge is -2.40. The van der Waals surface area contributed by atoms with E-state index in [1.807, 2.05) is 0 Å². The standard InChI is InChI=1S/C19H33N5O6S/c1-14-7-6-10-23(18(27)13-24-17(26)12-21(2)19(24)28)15(14)8-5-9-20-16(25)11-22(3)31(4,29)30/h14-15H,5-13H2,1-4H3,(H,20,25)/t14-,15-/m1/s1. The fraction of sp³-hybridized carbons (Fsp3) is 0.789. The smallest absolute Gasteiger partial charge is 0.327 e. The average molecular weight is 460 g/mol. The van der Waals surface area contributed by atoms with Crippen LogP contribution in [-0.4, -0.2) is 110 Å². The monoisotopic (exact) mass is 459 g/mol. The minimum Gasteiger partial charge on any atom is -0.355 e. The van der Waals surface area contributed by atoms with Crippen molar-refractivity contribution in [3.8, 4) is 0 Å². The topological polar surface area (TPSA) is 127 Å². The summed E-state index contributed by atoms with van der Waals surface area (Å²) in [5, 5.41) is 2.71. The molecule has 5 amide bonds. The number of hydrogen-bond donors (Lipinski definition) is 1. The summed E-state index contributed by atoms with van der Waals surface area (Å²) < 4.78 is 23.7. The third-order valence-electron chi connectivity index (χ3n) is 5.89. The van der Waals surface area contributed by atoms with Crippen LogP contribution in [0.3, 0.4) is 0 Å². The van der Waals surface area contributed by atoms with Crippen molar-refractivity contribution >= 4 is 33.8 Å². The number of rotatable bonds is 9. The summed E-state index contributed by atoms with van der Waals surface area (Å²) in [6, 6.07) is -0.496. The van der Waals surface area contributed by atoms with Gasteiger partial charge < -0.3 is 15.1 Å². The van der Waals surface area contributed by atoms with E-state index in [1.54, 1.807) is 4.90 Å². The molecule has 2 rings (SSSR count). The fourth-order valence-corrected chi connectivity index (χ4v) is 4.32. The molecule has 2 aliphatic rings. The Morgan fingerprint density at radius 3 is 2.52 bits per heavy atom. The first-order valence-corrected chi connectivity index (χ1v) is 12.3. The molecule has 176 valence electrons. The largest absolute Gasteiger partial charge is 0.355 e. The van der Waals surface area contributed by atoms with Crippen molar-refractivity contribution in [2.75, 3.05) is 53.1 Å². The summed E-state index contributed by atoms with van der Waals surface area (Å²) in [7, 11) is -0.548. The highest BCUT2D eigenvalue weighted by molar-refractivity contribution is 7.88. The molecule has 0 aromatic rings. The molecule has 11 nitrogen and oxygen atoms in total. The van der Waals surface area contributed by atoms with Crippen molar-refractivity contribution in [3.63, 3.8) is 0 Å². The number of hydrogen-bond acceptors (Lipinski definition) is 6. The van der Waals surface area contributed by atoms with Crippen LogP contribution in [0.5, 0.6) is 0 Å². The Morgan fingerprint density at radius 1 is 1.26 bits per heavy atom. The number of likely N-dealkylation sites (N-methyl/N-ethyl adjacent to an activating group) is 2. The van der Waals surface area contributed by atoms with Crippen molar-refractivity contribution < 1.29 is 27.6 Å². The van der Waals surface area contributed by atoms with E-state index < -0.39 is 16.1 Å². The Hall–Kier alpha value is -2.21. The number of piperidine rings is 1. The average Bonchev–Trinajstić information content (AvgIpc) is 2.91. The number of carbonyl (C=O) groups is 4. The predicted octanol–water partition coefficient (Wildman–Crippen LogP) is -0.705.